The van der Waals surface area contributed by atoms with Crippen LogP contribution in [0.5, 0.6) is 0 Å². The van der Waals surface area contributed by atoms with Crippen LogP contribution in [-0.2, 0) is 0 Å². The van der Waals surface area contributed by atoms with Crippen LogP contribution in [0, 0.1) is 0 Å². The van der Waals surface area contributed by atoms with Gasteiger partial charge in [-0.1, -0.05) is 279 Å². The van der Waals surface area contributed by atoms with Gasteiger partial charge in [-0.25, -0.2) is 19.9 Å². The fourth-order valence-electron chi connectivity index (χ4n) is 22.8. The second-order valence-electron chi connectivity index (χ2n) is 37.3. The molecule has 0 saturated heterocycles. The van der Waals surface area contributed by atoms with Gasteiger partial charge in [-0.3, -0.25) is 8.80 Å². The lowest BCUT2D eigenvalue weighted by Crippen LogP contribution is -1.95. The standard InChI is InChI=1S/2C66H42N6/c1-4-15-44(16-5-1)65-64(68-66-67-37-14-38-69(65)66)43-25-31-51(32-26-43)72-62-35-29-47(45-27-33-60-54(39-45)52-21-10-12-23-58(52)70(60)49-17-6-2-7-18-49)41-56(62)57-42-48(30-36-63(57)72)46-28-34-61-55(40-46)53-22-11-13-24-59(53)71(61)50-19-8-3-9-20-50;1-4-15-43(16-5-1)64-65(69-38-14-37-67-66(69)68-64)44-25-31-51(32-26-44)72-62-35-29-47(45-27-33-60-54(39-45)52-21-10-12-23-58(52)70(60)49-17-6-2-7-18-49)41-56(62)57-42-48(30-36-63(57)72)46-28-34-61-55(40-46)53-22-11-13-24-59(53)71(61)50-19-8-3-9-20-50/h2*1-42H. The SMILES string of the molecule is c1ccc(-c2c(-c3ccc(-n4c5ccc(-c6ccc7c(c6)c6ccccc6n7-c6ccccc6)cc5c5cc(-c6ccc7c(c6)c6ccccc6n7-c6ccccc6)ccc54)cc3)nc3ncccn23)cc1.c1ccc(-c2nc3ncccn3c2-c2ccc(-n3c4ccc(-c5ccc6c(c5)c5ccccc5n6-c5ccccc5)cc4c4cc(-c5ccc6c(c5)c5ccccc5n6-c5ccccc5)ccc43)cc2)cc1. The van der Waals surface area contributed by atoms with Gasteiger partial charge in [0.05, 0.1) is 89.0 Å². The maximum absolute atomic E-state index is 5.08. The lowest BCUT2D eigenvalue weighted by molar-refractivity contribution is 1.11. The number of fused-ring (bicyclic) bond motifs is 20. The van der Waals surface area contributed by atoms with Crippen LogP contribution in [-0.4, -0.2) is 56.1 Å². The van der Waals surface area contributed by atoms with Gasteiger partial charge < -0.3 is 27.4 Å². The summed E-state index contributed by atoms with van der Waals surface area (Å²) in [6.07, 6.45) is 7.69. The van der Waals surface area contributed by atoms with Crippen molar-refractivity contribution in [1.29, 1.82) is 0 Å². The van der Waals surface area contributed by atoms with E-state index in [2.05, 4.69) is 507 Å². The van der Waals surface area contributed by atoms with Crippen molar-refractivity contribution < 1.29 is 0 Å². The first-order chi connectivity index (χ1) is 71.4. The number of aromatic nitrogens is 12. The number of hydrogen-bond acceptors (Lipinski definition) is 4. The van der Waals surface area contributed by atoms with E-state index in [0.29, 0.717) is 11.6 Å². The zero-order valence-corrected chi connectivity index (χ0v) is 77.9. The summed E-state index contributed by atoms with van der Waals surface area (Å²) in [4.78, 5) is 19.3. The molecule has 0 bridgehead atoms. The summed E-state index contributed by atoms with van der Waals surface area (Å²) in [5.74, 6) is 1.35. The number of para-hydroxylation sites is 8. The average Bonchev–Trinajstić information content (AvgIpc) is 1.52. The Hall–Kier alpha value is -19.6. The molecule has 0 aliphatic heterocycles. The summed E-state index contributed by atoms with van der Waals surface area (Å²) >= 11 is 0. The molecule has 0 saturated carbocycles. The largest absolute Gasteiger partial charge is 0.309 e. The number of hydrogen-bond donors (Lipinski definition) is 0. The predicted molar refractivity (Wildman–Crippen MR) is 595 cm³/mol. The molecule has 30 aromatic rings. The maximum Gasteiger partial charge on any atom is 0.234 e. The highest BCUT2D eigenvalue weighted by molar-refractivity contribution is 6.18. The molecule has 12 nitrogen and oxygen atoms in total. The summed E-state index contributed by atoms with van der Waals surface area (Å²) in [5, 5.41) is 14.7. The van der Waals surface area contributed by atoms with E-state index < -0.39 is 0 Å². The monoisotopic (exact) mass is 1840 g/mol. The molecule has 10 heterocycles. The van der Waals surface area contributed by atoms with Crippen LogP contribution in [0.3, 0.4) is 0 Å². The molecule has 0 unspecified atom stereocenters. The lowest BCUT2D eigenvalue weighted by atomic mass is 9.98. The molecule has 0 aliphatic rings. The minimum absolute atomic E-state index is 0.673. The second-order valence-corrected chi connectivity index (χ2v) is 37.3. The first-order valence-corrected chi connectivity index (χ1v) is 48.9. The van der Waals surface area contributed by atoms with Crippen molar-refractivity contribution in [3.05, 3.63) is 510 Å². The first kappa shape index (κ1) is 81.6. The third kappa shape index (κ3) is 13.2. The first-order valence-electron chi connectivity index (χ1n) is 48.9. The Morgan fingerprint density at radius 3 is 0.590 bits per heavy atom. The van der Waals surface area contributed by atoms with Gasteiger partial charge in [0.2, 0.25) is 11.6 Å². The number of nitrogens with zero attached hydrogens (tertiary/aromatic N) is 12. The molecule has 10 aromatic heterocycles. The van der Waals surface area contributed by atoms with Gasteiger partial charge >= 0.3 is 0 Å². The molecule has 672 valence electrons. The molecule has 0 fully saturated rings. The van der Waals surface area contributed by atoms with E-state index in [1.165, 1.54) is 153 Å². The highest BCUT2D eigenvalue weighted by Crippen LogP contribution is 2.47. The van der Waals surface area contributed by atoms with Gasteiger partial charge in [-0.2, -0.15) is 0 Å². The van der Waals surface area contributed by atoms with E-state index in [1.54, 1.807) is 12.4 Å². The van der Waals surface area contributed by atoms with Crippen molar-refractivity contribution in [1.82, 2.24) is 56.1 Å². The zero-order valence-electron chi connectivity index (χ0n) is 77.9. The topological polar surface area (TPSA) is 90.0 Å². The van der Waals surface area contributed by atoms with Crippen molar-refractivity contribution in [3.63, 3.8) is 0 Å². The lowest BCUT2D eigenvalue weighted by Gasteiger charge is -2.11. The molecule has 0 radical (unpaired) electrons. The van der Waals surface area contributed by atoms with Crippen LogP contribution in [0.2, 0.25) is 0 Å². The second kappa shape index (κ2) is 33.1. The molecule has 12 heteroatoms. The van der Waals surface area contributed by atoms with E-state index in [9.17, 15) is 0 Å². The fraction of sp³-hybridized carbons (Fsp3) is 0. The quantitative estimate of drug-likeness (QED) is 0.108. The highest BCUT2D eigenvalue weighted by Gasteiger charge is 2.26. The van der Waals surface area contributed by atoms with Crippen LogP contribution in [0.15, 0.2) is 510 Å². The Balaban J connectivity index is 0.000000137. The molecule has 20 aromatic carbocycles. The summed E-state index contributed by atoms with van der Waals surface area (Å²) in [7, 11) is 0. The molecule has 0 aliphatic carbocycles. The molecule has 144 heavy (non-hydrogen) atoms. The summed E-state index contributed by atoms with van der Waals surface area (Å²) in [5.41, 5.74) is 38.4. The number of benzene rings is 20. The minimum atomic E-state index is 0.673. The smallest absolute Gasteiger partial charge is 0.234 e. The van der Waals surface area contributed by atoms with Crippen molar-refractivity contribution in [2.45, 2.75) is 0 Å². The number of imidazole rings is 2. The zero-order chi connectivity index (χ0) is 94.6. The van der Waals surface area contributed by atoms with Gasteiger partial charge in [0.15, 0.2) is 0 Å². The van der Waals surface area contributed by atoms with Crippen molar-refractivity contribution >= 4 is 142 Å². The van der Waals surface area contributed by atoms with Crippen LogP contribution >= 0.6 is 0 Å². The van der Waals surface area contributed by atoms with E-state index in [1.807, 2.05) is 36.7 Å². The van der Waals surface area contributed by atoms with Crippen LogP contribution in [0.4, 0.5) is 0 Å². The molecule has 0 atom stereocenters. The van der Waals surface area contributed by atoms with Crippen LogP contribution < -0.4 is 0 Å². The Bertz CT molecular complexity index is 9940. The third-order valence-corrected chi connectivity index (χ3v) is 29.3. The van der Waals surface area contributed by atoms with Crippen molar-refractivity contribution in [2.24, 2.45) is 0 Å². The summed E-state index contributed by atoms with van der Waals surface area (Å²) < 4.78 is 18.5. The maximum atomic E-state index is 5.08. The van der Waals surface area contributed by atoms with E-state index in [0.717, 1.165) is 101 Å². The Labute approximate surface area is 826 Å². The summed E-state index contributed by atoms with van der Waals surface area (Å²) in [6, 6.07) is 176. The normalized spacial score (nSPS) is 11.9. The Morgan fingerprint density at radius 2 is 0.326 bits per heavy atom. The van der Waals surface area contributed by atoms with Gasteiger partial charge in [0.25, 0.3) is 0 Å². The van der Waals surface area contributed by atoms with Gasteiger partial charge in [0.1, 0.15) is 0 Å². The molecule has 0 spiro atoms. The van der Waals surface area contributed by atoms with Gasteiger partial charge in [0, 0.05) is 146 Å². The number of rotatable bonds is 14. The van der Waals surface area contributed by atoms with Crippen LogP contribution in [0.25, 0.3) is 266 Å². The van der Waals surface area contributed by atoms with Crippen LogP contribution in [0.1, 0.15) is 0 Å². The van der Waals surface area contributed by atoms with Gasteiger partial charge in [-0.15, -0.1) is 0 Å². The Morgan fingerprint density at radius 1 is 0.139 bits per heavy atom. The molecular formula is C132H84N12. The third-order valence-electron chi connectivity index (χ3n) is 29.3. The molecule has 30 rings (SSSR count). The van der Waals surface area contributed by atoms with E-state index >= 15 is 0 Å². The van der Waals surface area contributed by atoms with E-state index in [4.69, 9.17) is 9.97 Å². The summed E-state index contributed by atoms with van der Waals surface area (Å²) in [6.45, 7) is 0. The predicted octanol–water partition coefficient (Wildman–Crippen LogP) is 33.4. The molecule has 0 N–H and O–H groups in total. The highest BCUT2D eigenvalue weighted by atomic mass is 15.1. The Kier molecular flexibility index (Phi) is 18.8. The molecular weight excluding hydrogens is 1750 g/mol. The minimum Gasteiger partial charge on any atom is -0.309 e. The van der Waals surface area contributed by atoms with E-state index in [-0.39, 0.29) is 0 Å². The van der Waals surface area contributed by atoms with Crippen molar-refractivity contribution in [2.75, 3.05) is 0 Å². The van der Waals surface area contributed by atoms with Gasteiger partial charge in [-0.05, 0) is 251 Å². The van der Waals surface area contributed by atoms with Crippen molar-refractivity contribution in [3.8, 4) is 124 Å². The molecule has 0 amide bonds. The average molecular weight is 1840 g/mol. The fourth-order valence-corrected chi connectivity index (χ4v) is 22.8.